The zero-order valence-electron chi connectivity index (χ0n) is 18.2. The van der Waals surface area contributed by atoms with Gasteiger partial charge >= 0.3 is 5.97 Å². The summed E-state index contributed by atoms with van der Waals surface area (Å²) >= 11 is 9.57. The molecule has 168 valence electrons. The van der Waals surface area contributed by atoms with Crippen LogP contribution in [-0.2, 0) is 11.3 Å². The molecule has 0 atom stereocenters. The van der Waals surface area contributed by atoms with Gasteiger partial charge in [0.05, 0.1) is 29.7 Å². The van der Waals surface area contributed by atoms with Crippen molar-refractivity contribution in [3.05, 3.63) is 99.4 Å². The quantitative estimate of drug-likeness (QED) is 0.243. The number of rotatable bonds is 7. The number of ether oxygens (including phenoxy) is 2. The number of pyridine rings is 1. The van der Waals surface area contributed by atoms with Crippen LogP contribution in [0.2, 0.25) is 5.02 Å². The zero-order valence-corrected chi connectivity index (χ0v) is 20.6. The van der Waals surface area contributed by atoms with Gasteiger partial charge in [0.2, 0.25) is 0 Å². The fourth-order valence-electron chi connectivity index (χ4n) is 3.54. The maximum absolute atomic E-state index is 12.2. The van der Waals surface area contributed by atoms with Gasteiger partial charge in [0.1, 0.15) is 12.4 Å². The number of hydrogen-bond acceptors (Lipinski definition) is 4. The van der Waals surface area contributed by atoms with E-state index in [1.807, 2.05) is 66.1 Å². The number of esters is 1. The van der Waals surface area contributed by atoms with Crippen LogP contribution in [0, 0.1) is 6.92 Å². The van der Waals surface area contributed by atoms with E-state index in [2.05, 4.69) is 20.9 Å². The Morgan fingerprint density at radius 2 is 1.85 bits per heavy atom. The Morgan fingerprint density at radius 1 is 1.06 bits per heavy atom. The third-order valence-corrected chi connectivity index (χ3v) is 5.84. The summed E-state index contributed by atoms with van der Waals surface area (Å²) in [5.41, 5.74) is 5.02. The maximum atomic E-state index is 12.2. The second-order valence-electron chi connectivity index (χ2n) is 7.40. The van der Waals surface area contributed by atoms with Crippen molar-refractivity contribution in [3.8, 4) is 22.7 Å². The van der Waals surface area contributed by atoms with Gasteiger partial charge in [-0.1, -0.05) is 39.7 Å². The van der Waals surface area contributed by atoms with Crippen molar-refractivity contribution in [3.63, 3.8) is 0 Å². The molecule has 2 aromatic heterocycles. The largest absolute Gasteiger partial charge is 0.488 e. The van der Waals surface area contributed by atoms with Crippen LogP contribution in [0.1, 0.15) is 28.5 Å². The van der Waals surface area contributed by atoms with Crippen LogP contribution in [0.25, 0.3) is 16.9 Å². The van der Waals surface area contributed by atoms with E-state index in [0.717, 1.165) is 38.4 Å². The van der Waals surface area contributed by atoms with Crippen molar-refractivity contribution >= 4 is 33.5 Å². The lowest BCUT2D eigenvalue weighted by molar-refractivity contribution is 0.0526. The number of benzene rings is 2. The molecule has 5 nitrogen and oxygen atoms in total. The number of nitrogens with zero attached hydrogens (tertiary/aromatic N) is 2. The summed E-state index contributed by atoms with van der Waals surface area (Å²) in [6.07, 6.45) is 3.24. The van der Waals surface area contributed by atoms with Gasteiger partial charge in [-0.05, 0) is 67.9 Å². The van der Waals surface area contributed by atoms with E-state index < -0.39 is 5.97 Å². The molecule has 0 saturated heterocycles. The van der Waals surface area contributed by atoms with E-state index in [9.17, 15) is 4.79 Å². The molecule has 0 N–H and O–H groups in total. The highest BCUT2D eigenvalue weighted by atomic mass is 79.9. The van der Waals surface area contributed by atoms with E-state index in [1.54, 1.807) is 19.2 Å². The lowest BCUT2D eigenvalue weighted by Crippen LogP contribution is -2.07. The number of aromatic nitrogens is 2. The number of aryl methyl sites for hydroxylation is 1. The number of carbonyl (C=O) groups is 1. The Bertz CT molecular complexity index is 1290. The molecular formula is C26H22BrClN2O3. The van der Waals surface area contributed by atoms with Crippen LogP contribution in [0.4, 0.5) is 0 Å². The first-order valence-electron chi connectivity index (χ1n) is 10.4. The molecule has 7 heteroatoms. The van der Waals surface area contributed by atoms with Crippen LogP contribution in [-0.4, -0.2) is 22.1 Å². The van der Waals surface area contributed by atoms with Gasteiger partial charge in [-0.25, -0.2) is 4.79 Å². The summed E-state index contributed by atoms with van der Waals surface area (Å²) in [4.78, 5) is 16.5. The van der Waals surface area contributed by atoms with E-state index >= 15 is 0 Å². The number of hydrogen-bond donors (Lipinski definition) is 0. The molecule has 0 radical (unpaired) electrons. The van der Waals surface area contributed by atoms with Crippen LogP contribution in [0.15, 0.2) is 77.5 Å². The summed E-state index contributed by atoms with van der Waals surface area (Å²) in [6, 6.07) is 19.3. The summed E-state index contributed by atoms with van der Waals surface area (Å²) in [6.45, 7) is 4.50. The normalized spacial score (nSPS) is 10.8. The number of halogens is 2. The van der Waals surface area contributed by atoms with Crippen LogP contribution in [0.3, 0.4) is 0 Å². The molecule has 4 aromatic rings. The average Bonchev–Trinajstić information content (AvgIpc) is 3.20. The van der Waals surface area contributed by atoms with E-state index in [1.165, 1.54) is 6.20 Å². The van der Waals surface area contributed by atoms with Crippen molar-refractivity contribution < 1.29 is 14.3 Å². The Labute approximate surface area is 206 Å². The third-order valence-electron chi connectivity index (χ3n) is 5.09. The monoisotopic (exact) mass is 524 g/mol. The Balaban J connectivity index is 1.72. The first-order chi connectivity index (χ1) is 16.0. The highest BCUT2D eigenvalue weighted by Crippen LogP contribution is 2.36. The molecule has 2 heterocycles. The predicted molar refractivity (Wildman–Crippen MR) is 133 cm³/mol. The Kier molecular flexibility index (Phi) is 7.16. The molecule has 0 aliphatic carbocycles. The van der Waals surface area contributed by atoms with E-state index in [4.69, 9.17) is 21.1 Å². The summed E-state index contributed by atoms with van der Waals surface area (Å²) in [5.74, 6) is 0.342. The summed E-state index contributed by atoms with van der Waals surface area (Å²) in [5, 5.41) is 0.690. The fraction of sp³-hybridized carbons (Fsp3) is 0.154. The first kappa shape index (κ1) is 23.1. The van der Waals surface area contributed by atoms with Gasteiger partial charge < -0.3 is 14.0 Å². The van der Waals surface area contributed by atoms with Gasteiger partial charge in [0, 0.05) is 26.9 Å². The minimum absolute atomic E-state index is 0.309. The standard InChI is InChI=1S/C26H22BrClN2O3/c1-3-32-26(31)19-12-22(15-29-14-19)30-17(2)4-10-24(30)23-13-20(27)7-11-25(23)33-16-18-5-8-21(28)9-6-18/h4-15H,3,16H2,1-2H3. The SMILES string of the molecule is CCOC(=O)c1cncc(-n2c(C)ccc2-c2cc(Br)ccc2OCc2ccc(Cl)cc2)c1. The molecule has 0 saturated carbocycles. The Morgan fingerprint density at radius 3 is 2.61 bits per heavy atom. The predicted octanol–water partition coefficient (Wildman–Crippen LogP) is 7.02. The molecule has 0 spiro atoms. The van der Waals surface area contributed by atoms with Crippen molar-refractivity contribution in [1.82, 2.24) is 9.55 Å². The zero-order chi connectivity index (χ0) is 23.4. The van der Waals surface area contributed by atoms with Crippen molar-refractivity contribution in [1.29, 1.82) is 0 Å². The lowest BCUT2D eigenvalue weighted by atomic mass is 10.1. The minimum Gasteiger partial charge on any atom is -0.488 e. The van der Waals surface area contributed by atoms with Gasteiger partial charge in [-0.3, -0.25) is 4.98 Å². The highest BCUT2D eigenvalue weighted by Gasteiger charge is 2.17. The van der Waals surface area contributed by atoms with Gasteiger partial charge in [0.25, 0.3) is 0 Å². The molecule has 4 rings (SSSR count). The molecule has 0 aliphatic heterocycles. The smallest absolute Gasteiger partial charge is 0.339 e. The summed E-state index contributed by atoms with van der Waals surface area (Å²) in [7, 11) is 0. The molecule has 33 heavy (non-hydrogen) atoms. The molecule has 0 bridgehead atoms. The average molecular weight is 526 g/mol. The van der Waals surface area contributed by atoms with Crippen LogP contribution >= 0.6 is 27.5 Å². The molecule has 0 fully saturated rings. The van der Waals surface area contributed by atoms with Crippen molar-refractivity contribution in [2.45, 2.75) is 20.5 Å². The fourth-order valence-corrected chi connectivity index (χ4v) is 4.02. The first-order valence-corrected chi connectivity index (χ1v) is 11.6. The summed E-state index contributed by atoms with van der Waals surface area (Å²) < 4.78 is 14.3. The van der Waals surface area contributed by atoms with Crippen LogP contribution in [0.5, 0.6) is 5.75 Å². The molecule has 0 aliphatic rings. The third kappa shape index (κ3) is 5.29. The second-order valence-corrected chi connectivity index (χ2v) is 8.76. The maximum Gasteiger partial charge on any atom is 0.339 e. The van der Waals surface area contributed by atoms with E-state index in [0.29, 0.717) is 23.8 Å². The molecule has 0 amide bonds. The Hall–Kier alpha value is -3.09. The van der Waals surface area contributed by atoms with Gasteiger partial charge in [0.15, 0.2) is 0 Å². The lowest BCUT2D eigenvalue weighted by Gasteiger charge is -2.16. The van der Waals surface area contributed by atoms with Crippen LogP contribution < -0.4 is 4.74 Å². The van der Waals surface area contributed by atoms with E-state index in [-0.39, 0.29) is 0 Å². The van der Waals surface area contributed by atoms with Crippen molar-refractivity contribution in [2.75, 3.05) is 6.61 Å². The molecule has 0 unspecified atom stereocenters. The molecular weight excluding hydrogens is 504 g/mol. The topological polar surface area (TPSA) is 53.3 Å². The number of carbonyl (C=O) groups excluding carboxylic acids is 1. The second kappa shape index (κ2) is 10.2. The van der Waals surface area contributed by atoms with Gasteiger partial charge in [-0.15, -0.1) is 0 Å². The highest BCUT2D eigenvalue weighted by molar-refractivity contribution is 9.10. The van der Waals surface area contributed by atoms with Crippen molar-refractivity contribution in [2.24, 2.45) is 0 Å². The minimum atomic E-state index is -0.396. The van der Waals surface area contributed by atoms with Gasteiger partial charge in [-0.2, -0.15) is 0 Å². The molecule has 2 aromatic carbocycles.